The van der Waals surface area contributed by atoms with Crippen molar-refractivity contribution in [3.8, 4) is 0 Å². The Morgan fingerprint density at radius 1 is 0.842 bits per heavy atom. The van der Waals surface area contributed by atoms with Crippen molar-refractivity contribution in [1.29, 1.82) is 0 Å². The molecular weight excluding hydrogens is 506 g/mol. The van der Waals surface area contributed by atoms with Crippen LogP contribution < -0.4 is 15.5 Å². The van der Waals surface area contributed by atoms with Crippen molar-refractivity contribution in [1.82, 2.24) is 0 Å². The van der Waals surface area contributed by atoms with Gasteiger partial charge >= 0.3 is 5.97 Å². The smallest absolute Gasteiger partial charge is 0.337 e. The molecule has 3 aromatic rings. The fourth-order valence-corrected chi connectivity index (χ4v) is 4.11. The van der Waals surface area contributed by atoms with Gasteiger partial charge in [0.15, 0.2) is 0 Å². The molecule has 0 saturated heterocycles. The largest absolute Gasteiger partial charge is 0.465 e. The quantitative estimate of drug-likeness (QED) is 0.279. The van der Waals surface area contributed by atoms with E-state index in [0.717, 1.165) is 24.2 Å². The van der Waals surface area contributed by atoms with E-state index in [1.165, 1.54) is 36.9 Å². The summed E-state index contributed by atoms with van der Waals surface area (Å²) in [6.45, 7) is 2.15. The summed E-state index contributed by atoms with van der Waals surface area (Å²) >= 11 is 6.20. The summed E-state index contributed by atoms with van der Waals surface area (Å²) in [6, 6.07) is 20.0. The van der Waals surface area contributed by atoms with E-state index in [4.69, 9.17) is 11.6 Å². The van der Waals surface area contributed by atoms with E-state index in [9.17, 15) is 19.2 Å². The molecule has 0 fully saturated rings. The fraction of sp³-hybridized carbons (Fsp3) is 0.172. The zero-order valence-electron chi connectivity index (χ0n) is 20.9. The molecular formula is C29H26ClN3O5. The van der Waals surface area contributed by atoms with Gasteiger partial charge < -0.3 is 15.4 Å². The molecule has 0 spiro atoms. The maximum absolute atomic E-state index is 13.0. The lowest BCUT2D eigenvalue weighted by Gasteiger charge is -2.15. The molecule has 0 aliphatic carbocycles. The molecule has 1 aliphatic heterocycles. The number of amides is 3. The van der Waals surface area contributed by atoms with Crippen molar-refractivity contribution in [2.24, 2.45) is 0 Å². The average molecular weight is 532 g/mol. The first kappa shape index (κ1) is 26.6. The van der Waals surface area contributed by atoms with Crippen LogP contribution in [0.25, 0.3) is 0 Å². The second-order valence-corrected chi connectivity index (χ2v) is 9.01. The van der Waals surface area contributed by atoms with Gasteiger partial charge in [-0.3, -0.25) is 14.4 Å². The number of nitrogens with one attached hydrogen (secondary N) is 2. The van der Waals surface area contributed by atoms with Crippen molar-refractivity contribution in [2.45, 2.75) is 26.2 Å². The highest BCUT2D eigenvalue weighted by molar-refractivity contribution is 6.53. The molecule has 38 heavy (non-hydrogen) atoms. The molecule has 194 valence electrons. The Morgan fingerprint density at radius 2 is 1.45 bits per heavy atom. The lowest BCUT2D eigenvalue weighted by Crippen LogP contribution is -2.32. The van der Waals surface area contributed by atoms with Gasteiger partial charge in [0.05, 0.1) is 18.4 Å². The van der Waals surface area contributed by atoms with Crippen LogP contribution in [0, 0.1) is 0 Å². The van der Waals surface area contributed by atoms with Gasteiger partial charge in [0.1, 0.15) is 10.7 Å². The molecule has 0 radical (unpaired) electrons. The first-order valence-corrected chi connectivity index (χ1v) is 12.4. The highest BCUT2D eigenvalue weighted by Crippen LogP contribution is 2.30. The monoisotopic (exact) mass is 531 g/mol. The van der Waals surface area contributed by atoms with Gasteiger partial charge in [-0.25, -0.2) is 9.69 Å². The Hall–Kier alpha value is -4.43. The van der Waals surface area contributed by atoms with Gasteiger partial charge in [0.25, 0.3) is 17.7 Å². The SMILES string of the molecule is CCCCc1ccc(NC(=O)c2ccc(NC3=C(Cl)C(=O)N(c4ccc(C(=O)OC)cc4)C3=O)cc2)cc1. The third-order valence-electron chi connectivity index (χ3n) is 6.02. The number of benzene rings is 3. The number of hydrogen-bond donors (Lipinski definition) is 2. The number of unbranched alkanes of at least 4 members (excludes halogenated alkanes) is 1. The molecule has 0 saturated carbocycles. The van der Waals surface area contributed by atoms with Crippen molar-refractivity contribution in [3.63, 3.8) is 0 Å². The van der Waals surface area contributed by atoms with Crippen LogP contribution in [0.15, 0.2) is 83.5 Å². The van der Waals surface area contributed by atoms with Crippen molar-refractivity contribution in [3.05, 3.63) is 100 Å². The molecule has 0 bridgehead atoms. The Morgan fingerprint density at radius 3 is 2.05 bits per heavy atom. The molecule has 3 amide bonds. The third kappa shape index (κ3) is 5.76. The van der Waals surface area contributed by atoms with E-state index in [-0.39, 0.29) is 27.9 Å². The summed E-state index contributed by atoms with van der Waals surface area (Å²) in [7, 11) is 1.26. The lowest BCUT2D eigenvalue weighted by atomic mass is 10.1. The van der Waals surface area contributed by atoms with Gasteiger partial charge in [-0.2, -0.15) is 0 Å². The van der Waals surface area contributed by atoms with Crippen LogP contribution in [-0.2, 0) is 20.7 Å². The number of esters is 1. The van der Waals surface area contributed by atoms with E-state index >= 15 is 0 Å². The first-order chi connectivity index (χ1) is 18.3. The number of hydrogen-bond acceptors (Lipinski definition) is 6. The van der Waals surface area contributed by atoms with Gasteiger partial charge in [-0.1, -0.05) is 37.1 Å². The number of carbonyl (C=O) groups excluding carboxylic acids is 4. The highest BCUT2D eigenvalue weighted by atomic mass is 35.5. The lowest BCUT2D eigenvalue weighted by molar-refractivity contribution is -0.120. The van der Waals surface area contributed by atoms with Crippen LogP contribution in [0.5, 0.6) is 0 Å². The average Bonchev–Trinajstić information content (AvgIpc) is 3.15. The minimum absolute atomic E-state index is 0.0888. The summed E-state index contributed by atoms with van der Waals surface area (Å²) < 4.78 is 4.66. The molecule has 1 aliphatic rings. The van der Waals surface area contributed by atoms with Gasteiger partial charge in [0, 0.05) is 16.9 Å². The van der Waals surface area contributed by atoms with E-state index in [0.29, 0.717) is 16.9 Å². The van der Waals surface area contributed by atoms with Crippen LogP contribution in [0.4, 0.5) is 17.1 Å². The summed E-state index contributed by atoms with van der Waals surface area (Å²) in [4.78, 5) is 51.0. The number of halogens is 1. The molecule has 0 aromatic heterocycles. The van der Waals surface area contributed by atoms with Crippen molar-refractivity contribution < 1.29 is 23.9 Å². The van der Waals surface area contributed by atoms with Gasteiger partial charge in [-0.05, 0) is 79.1 Å². The number of rotatable bonds is 9. The first-order valence-electron chi connectivity index (χ1n) is 12.1. The fourth-order valence-electron chi connectivity index (χ4n) is 3.90. The number of aryl methyl sites for hydroxylation is 1. The minimum Gasteiger partial charge on any atom is -0.465 e. The van der Waals surface area contributed by atoms with E-state index < -0.39 is 17.8 Å². The number of ether oxygens (including phenoxy) is 1. The molecule has 8 nitrogen and oxygen atoms in total. The number of methoxy groups -OCH3 is 1. The van der Waals surface area contributed by atoms with E-state index in [1.54, 1.807) is 24.3 Å². The second-order valence-electron chi connectivity index (χ2n) is 8.63. The number of anilines is 3. The van der Waals surface area contributed by atoms with E-state index in [2.05, 4.69) is 22.3 Å². The normalized spacial score (nSPS) is 13.1. The Kier molecular flexibility index (Phi) is 8.23. The molecule has 0 atom stereocenters. The standard InChI is InChI=1S/C29H26ClN3O5/c1-3-4-5-18-6-12-22(13-7-18)32-26(34)19-8-14-21(15-9-19)31-25-24(30)27(35)33(28(25)36)23-16-10-20(11-17-23)29(37)38-2/h6-17,31H,3-5H2,1-2H3,(H,32,34). The zero-order valence-corrected chi connectivity index (χ0v) is 21.7. The third-order valence-corrected chi connectivity index (χ3v) is 6.37. The van der Waals surface area contributed by atoms with Crippen LogP contribution >= 0.6 is 11.6 Å². The van der Waals surface area contributed by atoms with Crippen LogP contribution in [0.3, 0.4) is 0 Å². The van der Waals surface area contributed by atoms with Crippen molar-refractivity contribution in [2.75, 3.05) is 22.6 Å². The Labute approximate surface area is 225 Å². The maximum Gasteiger partial charge on any atom is 0.337 e. The second kappa shape index (κ2) is 11.7. The number of nitrogens with zero attached hydrogens (tertiary/aromatic N) is 1. The summed E-state index contributed by atoms with van der Waals surface area (Å²) in [5.74, 6) is -2.15. The molecule has 1 heterocycles. The minimum atomic E-state index is -0.693. The predicted molar refractivity (Wildman–Crippen MR) is 146 cm³/mol. The Bertz CT molecular complexity index is 1400. The zero-order chi connectivity index (χ0) is 27.2. The molecule has 2 N–H and O–H groups in total. The van der Waals surface area contributed by atoms with Gasteiger partial charge in [-0.15, -0.1) is 0 Å². The van der Waals surface area contributed by atoms with Crippen LogP contribution in [0.2, 0.25) is 0 Å². The number of carbonyl (C=O) groups is 4. The van der Waals surface area contributed by atoms with Crippen LogP contribution in [-0.4, -0.2) is 30.8 Å². The molecule has 3 aromatic carbocycles. The van der Waals surface area contributed by atoms with E-state index in [1.807, 2.05) is 24.3 Å². The highest BCUT2D eigenvalue weighted by Gasteiger charge is 2.39. The van der Waals surface area contributed by atoms with Crippen LogP contribution in [0.1, 0.15) is 46.0 Å². The number of imide groups is 1. The van der Waals surface area contributed by atoms with Gasteiger partial charge in [0.2, 0.25) is 0 Å². The summed E-state index contributed by atoms with van der Waals surface area (Å²) in [5, 5.41) is 5.48. The molecule has 0 unspecified atom stereocenters. The molecule has 9 heteroatoms. The molecule has 4 rings (SSSR count). The summed E-state index contributed by atoms with van der Waals surface area (Å²) in [6.07, 6.45) is 3.26. The summed E-state index contributed by atoms with van der Waals surface area (Å²) in [5.41, 5.74) is 3.27. The van der Waals surface area contributed by atoms with Crippen molar-refractivity contribution >= 4 is 52.4 Å². The predicted octanol–water partition coefficient (Wildman–Crippen LogP) is 5.50. The maximum atomic E-state index is 13.0. The topological polar surface area (TPSA) is 105 Å². The Balaban J connectivity index is 1.41.